The Morgan fingerprint density at radius 3 is 2.68 bits per heavy atom. The third-order valence-electron chi connectivity index (χ3n) is 4.35. The quantitative estimate of drug-likeness (QED) is 0.543. The first-order chi connectivity index (χ1) is 14.8. The number of thioether (sulfide) groups is 1. The molecule has 1 aliphatic heterocycles. The minimum absolute atomic E-state index is 0.222. The van der Waals surface area contributed by atoms with E-state index in [4.69, 9.17) is 9.47 Å². The number of aryl methyl sites for hydroxylation is 1. The van der Waals surface area contributed by atoms with Crippen LogP contribution >= 0.6 is 27.7 Å². The Balaban J connectivity index is 1.76. The van der Waals surface area contributed by atoms with Gasteiger partial charge in [-0.25, -0.2) is 0 Å². The number of benzene rings is 2. The van der Waals surface area contributed by atoms with Gasteiger partial charge in [-0.3, -0.25) is 19.3 Å². The van der Waals surface area contributed by atoms with Crippen molar-refractivity contribution in [3.63, 3.8) is 0 Å². The number of methoxy groups -OCH3 is 1. The topological polar surface area (TPSA) is 84.9 Å². The van der Waals surface area contributed by atoms with E-state index in [2.05, 4.69) is 21.2 Å². The average molecular weight is 505 g/mol. The summed E-state index contributed by atoms with van der Waals surface area (Å²) >= 11 is 4.25. The van der Waals surface area contributed by atoms with E-state index in [-0.39, 0.29) is 11.4 Å². The lowest BCUT2D eigenvalue weighted by Gasteiger charge is -2.13. The van der Waals surface area contributed by atoms with Crippen LogP contribution < -0.4 is 14.8 Å². The molecule has 162 valence electrons. The van der Waals surface area contributed by atoms with E-state index in [9.17, 15) is 14.4 Å². The van der Waals surface area contributed by atoms with Crippen molar-refractivity contribution in [2.45, 2.75) is 13.8 Å². The predicted molar refractivity (Wildman–Crippen MR) is 124 cm³/mol. The monoisotopic (exact) mass is 504 g/mol. The second kappa shape index (κ2) is 10.0. The SMILES string of the molecule is CCOc1cc(Br)c(/C=C2/SC(=O)N(CC(=O)Nc3cccc(C)c3)C2=O)cc1OC. The fourth-order valence-corrected chi connectivity index (χ4v) is 4.20. The van der Waals surface area contributed by atoms with E-state index in [0.29, 0.717) is 33.8 Å². The molecule has 1 aliphatic rings. The van der Waals surface area contributed by atoms with Crippen LogP contribution in [0.3, 0.4) is 0 Å². The number of hydrogen-bond donors (Lipinski definition) is 1. The van der Waals surface area contributed by atoms with E-state index in [1.165, 1.54) is 7.11 Å². The van der Waals surface area contributed by atoms with Gasteiger partial charge < -0.3 is 14.8 Å². The second-order valence-electron chi connectivity index (χ2n) is 6.64. The molecular weight excluding hydrogens is 484 g/mol. The van der Waals surface area contributed by atoms with Gasteiger partial charge in [0.1, 0.15) is 6.54 Å². The summed E-state index contributed by atoms with van der Waals surface area (Å²) in [6.07, 6.45) is 1.59. The van der Waals surface area contributed by atoms with Crippen molar-refractivity contribution >= 4 is 56.5 Å². The van der Waals surface area contributed by atoms with E-state index in [0.717, 1.165) is 22.2 Å². The van der Waals surface area contributed by atoms with Crippen LogP contribution in [0.4, 0.5) is 10.5 Å². The molecule has 0 saturated carbocycles. The Hall–Kier alpha value is -2.78. The van der Waals surface area contributed by atoms with Gasteiger partial charge >= 0.3 is 0 Å². The van der Waals surface area contributed by atoms with Crippen LogP contribution in [0.2, 0.25) is 0 Å². The van der Waals surface area contributed by atoms with Crippen LogP contribution in [-0.4, -0.2) is 42.2 Å². The molecule has 31 heavy (non-hydrogen) atoms. The zero-order chi connectivity index (χ0) is 22.5. The fraction of sp³-hybridized carbons (Fsp3) is 0.227. The summed E-state index contributed by atoms with van der Waals surface area (Å²) in [4.78, 5) is 38.6. The molecule has 0 aromatic heterocycles. The van der Waals surface area contributed by atoms with Crippen molar-refractivity contribution in [2.24, 2.45) is 0 Å². The number of anilines is 1. The highest BCUT2D eigenvalue weighted by molar-refractivity contribution is 9.10. The molecule has 1 N–H and O–H groups in total. The molecule has 9 heteroatoms. The Kier molecular flexibility index (Phi) is 7.40. The molecule has 0 radical (unpaired) electrons. The Morgan fingerprint density at radius 1 is 1.23 bits per heavy atom. The van der Waals surface area contributed by atoms with Gasteiger partial charge in [0.25, 0.3) is 11.1 Å². The van der Waals surface area contributed by atoms with Crippen LogP contribution in [0.5, 0.6) is 11.5 Å². The van der Waals surface area contributed by atoms with Gasteiger partial charge in [-0.05, 0) is 67.1 Å². The Morgan fingerprint density at radius 2 is 2.00 bits per heavy atom. The molecule has 2 aromatic carbocycles. The maximum atomic E-state index is 12.8. The zero-order valence-electron chi connectivity index (χ0n) is 17.2. The molecule has 3 rings (SSSR count). The summed E-state index contributed by atoms with van der Waals surface area (Å²) in [6.45, 7) is 3.90. The molecule has 0 aliphatic carbocycles. The third kappa shape index (κ3) is 5.48. The van der Waals surface area contributed by atoms with E-state index in [1.807, 2.05) is 32.0 Å². The zero-order valence-corrected chi connectivity index (χ0v) is 19.6. The van der Waals surface area contributed by atoms with Crippen molar-refractivity contribution in [2.75, 3.05) is 25.6 Å². The molecule has 0 atom stereocenters. The molecule has 0 bridgehead atoms. The van der Waals surface area contributed by atoms with Crippen LogP contribution in [-0.2, 0) is 9.59 Å². The summed E-state index contributed by atoms with van der Waals surface area (Å²) in [5.74, 6) is 0.107. The fourth-order valence-electron chi connectivity index (χ4n) is 2.93. The lowest BCUT2D eigenvalue weighted by molar-refractivity contribution is -0.127. The first-order valence-corrected chi connectivity index (χ1v) is 11.1. The van der Waals surface area contributed by atoms with Crippen molar-refractivity contribution in [1.82, 2.24) is 4.90 Å². The molecule has 1 heterocycles. The number of nitrogens with zero attached hydrogens (tertiary/aromatic N) is 1. The lowest BCUT2D eigenvalue weighted by atomic mass is 10.2. The number of imide groups is 1. The number of nitrogens with one attached hydrogen (secondary N) is 1. The van der Waals surface area contributed by atoms with Gasteiger partial charge in [0.2, 0.25) is 5.91 Å². The number of halogens is 1. The van der Waals surface area contributed by atoms with Crippen molar-refractivity contribution in [3.05, 3.63) is 56.9 Å². The maximum absolute atomic E-state index is 12.8. The van der Waals surface area contributed by atoms with E-state index in [1.54, 1.807) is 24.3 Å². The standard InChI is InChI=1S/C22H21BrN2O5S/c1-4-30-18-11-16(23)14(9-17(18)29-3)10-19-21(27)25(22(28)31-19)12-20(26)24-15-7-5-6-13(2)8-15/h5-11H,4,12H2,1-3H3,(H,24,26)/b19-10+. The van der Waals surface area contributed by atoms with Crippen molar-refractivity contribution in [1.29, 1.82) is 0 Å². The van der Waals surface area contributed by atoms with Crippen molar-refractivity contribution in [3.8, 4) is 11.5 Å². The molecule has 0 unspecified atom stereocenters. The highest BCUT2D eigenvalue weighted by Gasteiger charge is 2.36. The molecule has 2 aromatic rings. The highest BCUT2D eigenvalue weighted by Crippen LogP contribution is 2.38. The van der Waals surface area contributed by atoms with Crippen LogP contribution in [0.1, 0.15) is 18.1 Å². The number of ether oxygens (including phenoxy) is 2. The normalized spacial score (nSPS) is 14.8. The molecule has 1 saturated heterocycles. The summed E-state index contributed by atoms with van der Waals surface area (Å²) in [5.41, 5.74) is 2.25. The highest BCUT2D eigenvalue weighted by atomic mass is 79.9. The molecule has 0 spiro atoms. The van der Waals surface area contributed by atoms with Gasteiger partial charge in [-0.15, -0.1) is 0 Å². The van der Waals surface area contributed by atoms with Gasteiger partial charge in [-0.1, -0.05) is 28.1 Å². The number of carbonyl (C=O) groups is 3. The number of amides is 3. The van der Waals surface area contributed by atoms with Gasteiger partial charge in [0.15, 0.2) is 11.5 Å². The summed E-state index contributed by atoms with van der Waals surface area (Å²) in [5, 5.41) is 2.21. The maximum Gasteiger partial charge on any atom is 0.294 e. The third-order valence-corrected chi connectivity index (χ3v) is 5.94. The molecule has 3 amide bonds. The number of hydrogen-bond acceptors (Lipinski definition) is 6. The minimum atomic E-state index is -0.519. The van der Waals surface area contributed by atoms with Crippen LogP contribution in [0.15, 0.2) is 45.8 Å². The number of carbonyl (C=O) groups excluding carboxylic acids is 3. The summed E-state index contributed by atoms with van der Waals surface area (Å²) in [7, 11) is 1.52. The van der Waals surface area contributed by atoms with Gasteiger partial charge in [0.05, 0.1) is 18.6 Å². The van der Waals surface area contributed by atoms with Gasteiger partial charge in [-0.2, -0.15) is 0 Å². The Bertz CT molecular complexity index is 1070. The molecule has 1 fully saturated rings. The predicted octanol–water partition coefficient (Wildman–Crippen LogP) is 4.84. The van der Waals surface area contributed by atoms with E-state index >= 15 is 0 Å². The first kappa shape index (κ1) is 22.9. The lowest BCUT2D eigenvalue weighted by Crippen LogP contribution is -2.36. The Labute approximate surface area is 192 Å². The largest absolute Gasteiger partial charge is 0.493 e. The number of rotatable bonds is 7. The van der Waals surface area contributed by atoms with Crippen molar-refractivity contribution < 1.29 is 23.9 Å². The second-order valence-corrected chi connectivity index (χ2v) is 8.49. The summed E-state index contributed by atoms with van der Waals surface area (Å²) in [6, 6.07) is 10.7. The van der Waals surface area contributed by atoms with Crippen LogP contribution in [0, 0.1) is 6.92 Å². The molecular formula is C22H21BrN2O5S. The first-order valence-electron chi connectivity index (χ1n) is 9.44. The van der Waals surface area contributed by atoms with Gasteiger partial charge in [0, 0.05) is 10.2 Å². The molecule has 7 nitrogen and oxygen atoms in total. The smallest absolute Gasteiger partial charge is 0.294 e. The average Bonchev–Trinajstić information content (AvgIpc) is 2.97. The van der Waals surface area contributed by atoms with Crippen LogP contribution in [0.25, 0.3) is 6.08 Å². The summed E-state index contributed by atoms with van der Waals surface area (Å²) < 4.78 is 11.6. The minimum Gasteiger partial charge on any atom is -0.493 e. The van der Waals surface area contributed by atoms with E-state index < -0.39 is 17.1 Å².